The van der Waals surface area contributed by atoms with Crippen LogP contribution in [0.5, 0.6) is 0 Å². The van der Waals surface area contributed by atoms with E-state index in [1.165, 1.54) is 0 Å². The summed E-state index contributed by atoms with van der Waals surface area (Å²) in [6, 6.07) is 41.7. The molecular formula is C39H38N2O4. The van der Waals surface area contributed by atoms with Crippen LogP contribution in [0.3, 0.4) is 0 Å². The zero-order chi connectivity index (χ0) is 31.0. The fourth-order valence-corrected chi connectivity index (χ4v) is 6.57. The van der Waals surface area contributed by atoms with Crippen LogP contribution >= 0.6 is 0 Å². The molecule has 228 valence electrons. The molecule has 45 heavy (non-hydrogen) atoms. The SMILES string of the molecule is O=C(NC1CCCC(c2ccc3ccccc3c2)C(CO)NC1=O)OCC1c2ccccc2-c2ccccc21.c1ccccc1. The smallest absolute Gasteiger partial charge is 0.407 e. The molecule has 1 aliphatic heterocycles. The van der Waals surface area contributed by atoms with Gasteiger partial charge in [0.25, 0.3) is 0 Å². The molecule has 2 aliphatic rings. The van der Waals surface area contributed by atoms with E-state index in [1.54, 1.807) is 0 Å². The van der Waals surface area contributed by atoms with E-state index in [2.05, 4.69) is 65.2 Å². The highest BCUT2D eigenvalue weighted by molar-refractivity contribution is 5.86. The number of benzene rings is 5. The van der Waals surface area contributed by atoms with Crippen LogP contribution in [0.1, 0.15) is 47.8 Å². The molecule has 3 atom stereocenters. The van der Waals surface area contributed by atoms with E-state index < -0.39 is 18.2 Å². The first-order valence-electron chi connectivity index (χ1n) is 15.6. The average Bonchev–Trinajstić information content (AvgIpc) is 3.41. The fraction of sp³-hybridized carbons (Fsp3) is 0.231. The van der Waals surface area contributed by atoms with Crippen LogP contribution in [0.4, 0.5) is 4.79 Å². The number of carbonyl (C=O) groups excluding carboxylic acids is 2. The normalized spacial score (nSPS) is 19.1. The minimum absolute atomic E-state index is 0.0149. The van der Waals surface area contributed by atoms with E-state index in [-0.39, 0.29) is 31.0 Å². The summed E-state index contributed by atoms with van der Waals surface area (Å²) in [7, 11) is 0. The second-order valence-corrected chi connectivity index (χ2v) is 11.6. The minimum Gasteiger partial charge on any atom is -0.449 e. The number of nitrogens with one attached hydrogen (secondary N) is 2. The van der Waals surface area contributed by atoms with Crippen molar-refractivity contribution in [3.8, 4) is 11.1 Å². The number of fused-ring (bicyclic) bond motifs is 4. The van der Waals surface area contributed by atoms with E-state index >= 15 is 0 Å². The van der Waals surface area contributed by atoms with Crippen molar-refractivity contribution in [2.45, 2.75) is 43.2 Å². The first kappa shape index (κ1) is 30.1. The van der Waals surface area contributed by atoms with Crippen LogP contribution in [-0.2, 0) is 9.53 Å². The fourth-order valence-electron chi connectivity index (χ4n) is 6.57. The maximum Gasteiger partial charge on any atom is 0.407 e. The number of amides is 2. The Hall–Kier alpha value is -4.94. The first-order chi connectivity index (χ1) is 22.1. The van der Waals surface area contributed by atoms with Crippen molar-refractivity contribution in [1.82, 2.24) is 10.6 Å². The van der Waals surface area contributed by atoms with Gasteiger partial charge in [-0.2, -0.15) is 0 Å². The van der Waals surface area contributed by atoms with Crippen LogP contribution in [0, 0.1) is 0 Å². The Morgan fingerprint density at radius 3 is 2.00 bits per heavy atom. The number of hydrogen-bond acceptors (Lipinski definition) is 4. The second-order valence-electron chi connectivity index (χ2n) is 11.6. The van der Waals surface area contributed by atoms with Crippen LogP contribution in [-0.4, -0.2) is 42.4 Å². The second kappa shape index (κ2) is 14.2. The molecule has 6 heteroatoms. The third-order valence-electron chi connectivity index (χ3n) is 8.84. The Morgan fingerprint density at radius 2 is 1.36 bits per heavy atom. The Kier molecular flexibility index (Phi) is 9.52. The topological polar surface area (TPSA) is 87.7 Å². The predicted molar refractivity (Wildman–Crippen MR) is 178 cm³/mol. The Labute approximate surface area is 264 Å². The van der Waals surface area contributed by atoms with Gasteiger partial charge >= 0.3 is 6.09 Å². The van der Waals surface area contributed by atoms with Gasteiger partial charge < -0.3 is 20.5 Å². The molecule has 1 saturated heterocycles. The van der Waals surface area contributed by atoms with Crippen molar-refractivity contribution in [3.63, 3.8) is 0 Å². The van der Waals surface area contributed by atoms with E-state index in [1.807, 2.05) is 72.8 Å². The quantitative estimate of drug-likeness (QED) is 0.200. The predicted octanol–water partition coefficient (Wildman–Crippen LogP) is 7.18. The molecule has 0 aromatic heterocycles. The van der Waals surface area contributed by atoms with Crippen molar-refractivity contribution in [2.75, 3.05) is 13.2 Å². The molecule has 5 aromatic carbocycles. The lowest BCUT2D eigenvalue weighted by Gasteiger charge is -2.32. The zero-order valence-corrected chi connectivity index (χ0v) is 25.1. The van der Waals surface area contributed by atoms with Crippen molar-refractivity contribution >= 4 is 22.8 Å². The summed E-state index contributed by atoms with van der Waals surface area (Å²) in [6.45, 7) is 0.0123. The average molecular weight is 599 g/mol. The molecule has 5 aromatic rings. The summed E-state index contributed by atoms with van der Waals surface area (Å²) in [4.78, 5) is 26.0. The molecule has 1 heterocycles. The molecular weight excluding hydrogens is 560 g/mol. The van der Waals surface area contributed by atoms with Gasteiger partial charge in [0.2, 0.25) is 5.91 Å². The molecule has 0 radical (unpaired) electrons. The maximum atomic E-state index is 13.2. The van der Waals surface area contributed by atoms with Gasteiger partial charge in [0, 0.05) is 11.8 Å². The third-order valence-corrected chi connectivity index (χ3v) is 8.84. The van der Waals surface area contributed by atoms with E-state index in [0.717, 1.165) is 51.4 Å². The first-order valence-corrected chi connectivity index (χ1v) is 15.6. The number of aliphatic hydroxyl groups is 1. The molecule has 3 unspecified atom stereocenters. The molecule has 0 bridgehead atoms. The zero-order valence-electron chi connectivity index (χ0n) is 25.1. The van der Waals surface area contributed by atoms with Crippen molar-refractivity contribution in [3.05, 3.63) is 144 Å². The molecule has 3 N–H and O–H groups in total. The van der Waals surface area contributed by atoms with Gasteiger partial charge in [0.1, 0.15) is 12.6 Å². The number of aliphatic hydroxyl groups excluding tert-OH is 1. The largest absolute Gasteiger partial charge is 0.449 e. The van der Waals surface area contributed by atoms with E-state index in [9.17, 15) is 14.7 Å². The van der Waals surface area contributed by atoms with Crippen molar-refractivity contribution < 1.29 is 19.4 Å². The number of ether oxygens (including phenoxy) is 1. The Morgan fingerprint density at radius 1 is 0.756 bits per heavy atom. The number of carbonyl (C=O) groups is 2. The van der Waals surface area contributed by atoms with Crippen molar-refractivity contribution in [1.29, 1.82) is 0 Å². The molecule has 7 rings (SSSR count). The van der Waals surface area contributed by atoms with Gasteiger partial charge in [-0.1, -0.05) is 134 Å². The maximum absolute atomic E-state index is 13.2. The highest BCUT2D eigenvalue weighted by Crippen LogP contribution is 2.44. The van der Waals surface area contributed by atoms with Gasteiger partial charge in [0.15, 0.2) is 0 Å². The summed E-state index contributed by atoms with van der Waals surface area (Å²) in [5.41, 5.74) is 5.70. The van der Waals surface area contributed by atoms with Crippen LogP contribution in [0.2, 0.25) is 0 Å². The number of rotatable bonds is 5. The number of alkyl carbamates (subject to hydrolysis) is 1. The van der Waals surface area contributed by atoms with Gasteiger partial charge in [0.05, 0.1) is 12.6 Å². The molecule has 1 fully saturated rings. The summed E-state index contributed by atoms with van der Waals surface area (Å²) in [6.07, 6.45) is 1.41. The number of hydrogen-bond donors (Lipinski definition) is 3. The Bertz CT molecular complexity index is 1680. The molecule has 0 saturated carbocycles. The summed E-state index contributed by atoms with van der Waals surface area (Å²) in [5, 5.41) is 18.2. The molecule has 0 spiro atoms. The lowest BCUT2D eigenvalue weighted by atomic mass is 9.84. The van der Waals surface area contributed by atoms with E-state index in [0.29, 0.717) is 6.42 Å². The van der Waals surface area contributed by atoms with E-state index in [4.69, 9.17) is 4.74 Å². The van der Waals surface area contributed by atoms with Gasteiger partial charge in [-0.3, -0.25) is 4.79 Å². The highest BCUT2D eigenvalue weighted by atomic mass is 16.5. The third kappa shape index (κ3) is 6.92. The van der Waals surface area contributed by atoms with Gasteiger partial charge in [-0.15, -0.1) is 0 Å². The van der Waals surface area contributed by atoms with Gasteiger partial charge in [-0.25, -0.2) is 4.79 Å². The lowest BCUT2D eigenvalue weighted by molar-refractivity contribution is -0.124. The Balaban J connectivity index is 0.000000535. The van der Waals surface area contributed by atoms with Crippen LogP contribution < -0.4 is 10.6 Å². The van der Waals surface area contributed by atoms with Gasteiger partial charge in [-0.05, 0) is 51.4 Å². The lowest BCUT2D eigenvalue weighted by Crippen LogP contribution is -2.53. The van der Waals surface area contributed by atoms with Crippen LogP contribution in [0.25, 0.3) is 21.9 Å². The molecule has 1 aliphatic carbocycles. The standard InChI is InChI=1S/C33H32N2O4.C6H6/c36-19-31-24(23-17-16-21-8-1-2-9-22(21)18-23)14-7-15-30(32(37)34-31)35-33(38)39-20-29-27-12-5-3-10-25(27)26-11-4-6-13-28(26)29;1-2-4-6-5-3-1/h1-6,8-13,16-18,24,29-31,36H,7,14-15,19-20H2,(H,34,37)(H,35,38);1-6H. The molecule has 2 amide bonds. The summed E-state index contributed by atoms with van der Waals surface area (Å²) in [5.74, 6) is -0.359. The molecule has 6 nitrogen and oxygen atoms in total. The summed E-state index contributed by atoms with van der Waals surface area (Å²) < 4.78 is 5.67. The highest BCUT2D eigenvalue weighted by Gasteiger charge is 2.33. The minimum atomic E-state index is -0.716. The van der Waals surface area contributed by atoms with Crippen molar-refractivity contribution in [2.24, 2.45) is 0 Å². The summed E-state index contributed by atoms with van der Waals surface area (Å²) >= 11 is 0. The van der Waals surface area contributed by atoms with Crippen LogP contribution in [0.15, 0.2) is 127 Å². The monoisotopic (exact) mass is 598 g/mol.